The van der Waals surface area contributed by atoms with Gasteiger partial charge < -0.3 is 24.5 Å². The van der Waals surface area contributed by atoms with Crippen molar-refractivity contribution >= 4 is 36.8 Å². The number of nitrogens with two attached hydrogens (primary N) is 1. The Labute approximate surface area is 237 Å². The van der Waals surface area contributed by atoms with Crippen LogP contribution in [-0.2, 0) is 11.0 Å². The summed E-state index contributed by atoms with van der Waals surface area (Å²) in [6.07, 6.45) is 2.97. The van der Waals surface area contributed by atoms with E-state index in [4.69, 9.17) is 19.6 Å². The van der Waals surface area contributed by atoms with Crippen LogP contribution in [-0.4, -0.2) is 45.4 Å². The largest absolute Gasteiger partial charge is 0.493 e. The molecule has 39 heavy (non-hydrogen) atoms. The summed E-state index contributed by atoms with van der Waals surface area (Å²) in [7, 11) is -0.446. The highest BCUT2D eigenvalue weighted by molar-refractivity contribution is 7.08. The molecule has 2 aromatic carbocycles. The number of carbonyl (C=O) groups excluding carboxylic acids is 1. The van der Waals surface area contributed by atoms with Crippen molar-refractivity contribution in [2.75, 3.05) is 26.0 Å². The second-order valence-corrected chi connectivity index (χ2v) is 17.0. The number of methoxy groups -OCH3 is 1. The summed E-state index contributed by atoms with van der Waals surface area (Å²) in [4.78, 5) is 15.9. The second-order valence-electron chi connectivity index (χ2n) is 11.5. The molecule has 4 rings (SSSR count). The third-order valence-electron chi connectivity index (χ3n) is 7.79. The van der Waals surface area contributed by atoms with E-state index in [9.17, 15) is 4.79 Å². The number of hydrogen-bond donors (Lipinski definition) is 1. The maximum Gasteiger partial charge on any atom is 0.256 e. The Morgan fingerprint density at radius 3 is 2.51 bits per heavy atom. The van der Waals surface area contributed by atoms with Crippen molar-refractivity contribution in [3.63, 3.8) is 0 Å². The minimum Gasteiger partial charge on any atom is -0.493 e. The van der Waals surface area contributed by atoms with Gasteiger partial charge in [0.1, 0.15) is 6.61 Å². The van der Waals surface area contributed by atoms with Crippen LogP contribution >= 0.6 is 11.3 Å². The molecule has 208 valence electrons. The van der Waals surface area contributed by atoms with Gasteiger partial charge in [-0.05, 0) is 64.1 Å². The second kappa shape index (κ2) is 12.0. The Hall–Kier alpha value is -3.07. The average molecular weight is 565 g/mol. The molecule has 0 radical (unpaired) electrons. The Morgan fingerprint density at radius 1 is 1.13 bits per heavy atom. The zero-order valence-electron chi connectivity index (χ0n) is 23.8. The van der Waals surface area contributed by atoms with Crippen molar-refractivity contribution < 1.29 is 18.7 Å². The summed E-state index contributed by atoms with van der Waals surface area (Å²) in [6, 6.07) is 15.2. The molecule has 2 heterocycles. The van der Waals surface area contributed by atoms with Gasteiger partial charge in [-0.2, -0.15) is 11.3 Å². The maximum absolute atomic E-state index is 14.0. The minimum atomic E-state index is -2.02. The fraction of sp³-hybridized carbons (Fsp3) is 0.387. The predicted octanol–water partition coefficient (Wildman–Crippen LogP) is 7.24. The van der Waals surface area contributed by atoms with E-state index in [0.717, 1.165) is 12.0 Å². The first-order valence-corrected chi connectivity index (χ1v) is 17.2. The summed E-state index contributed by atoms with van der Waals surface area (Å²) in [6.45, 7) is 12.6. The van der Waals surface area contributed by atoms with Crippen LogP contribution in [0.3, 0.4) is 0 Å². The van der Waals surface area contributed by atoms with Crippen LogP contribution in [0.15, 0.2) is 65.4 Å². The molecule has 3 aromatic rings. The summed E-state index contributed by atoms with van der Waals surface area (Å²) < 4.78 is 18.2. The Kier molecular flexibility index (Phi) is 8.89. The summed E-state index contributed by atoms with van der Waals surface area (Å²) in [5.41, 5.74) is 10.7. The molecule has 0 unspecified atom stereocenters. The molecule has 1 amide bonds. The van der Waals surface area contributed by atoms with Crippen molar-refractivity contribution in [3.8, 4) is 11.5 Å². The quantitative estimate of drug-likeness (QED) is 0.219. The van der Waals surface area contributed by atoms with E-state index < -0.39 is 8.32 Å². The van der Waals surface area contributed by atoms with Gasteiger partial charge in [0.05, 0.1) is 25.3 Å². The van der Waals surface area contributed by atoms with Gasteiger partial charge in [-0.25, -0.2) is 0 Å². The van der Waals surface area contributed by atoms with Gasteiger partial charge in [-0.15, -0.1) is 0 Å². The summed E-state index contributed by atoms with van der Waals surface area (Å²) >= 11 is 1.68. The van der Waals surface area contributed by atoms with Crippen LogP contribution in [0.5, 0.6) is 11.5 Å². The van der Waals surface area contributed by atoms with Crippen LogP contribution in [0.1, 0.15) is 48.7 Å². The lowest BCUT2D eigenvalue weighted by Crippen LogP contribution is -2.49. The normalized spacial score (nSPS) is 16.1. The number of amides is 1. The van der Waals surface area contributed by atoms with Gasteiger partial charge in [-0.1, -0.05) is 57.2 Å². The molecule has 0 fully saturated rings. The highest BCUT2D eigenvalue weighted by Crippen LogP contribution is 2.38. The van der Waals surface area contributed by atoms with E-state index in [1.807, 2.05) is 35.2 Å². The number of nitrogens with zero attached hydrogens (tertiary/aromatic N) is 1. The van der Waals surface area contributed by atoms with E-state index in [1.165, 1.54) is 11.1 Å². The molecule has 0 saturated heterocycles. The third-order valence-corrected chi connectivity index (χ3v) is 13.0. The maximum atomic E-state index is 14.0. The van der Waals surface area contributed by atoms with E-state index in [2.05, 4.69) is 56.8 Å². The molecule has 6 nitrogen and oxygen atoms in total. The number of anilines is 1. The van der Waals surface area contributed by atoms with Gasteiger partial charge in [0, 0.05) is 18.3 Å². The summed E-state index contributed by atoms with van der Waals surface area (Å²) in [5.74, 6) is 0.848. The molecule has 0 saturated carbocycles. The van der Waals surface area contributed by atoms with Crippen molar-refractivity contribution in [2.45, 2.75) is 58.0 Å². The first kappa shape index (κ1) is 28.9. The van der Waals surface area contributed by atoms with E-state index in [1.54, 1.807) is 30.6 Å². The van der Waals surface area contributed by atoms with Crippen molar-refractivity contribution in [2.24, 2.45) is 0 Å². The molecular formula is C31H40N2O4SSi. The predicted molar refractivity (Wildman–Crippen MR) is 163 cm³/mol. The number of rotatable bonds is 9. The molecule has 1 aliphatic rings. The van der Waals surface area contributed by atoms with Crippen molar-refractivity contribution in [3.05, 3.63) is 82.1 Å². The molecule has 0 bridgehead atoms. The lowest BCUT2D eigenvalue weighted by Gasteiger charge is -2.40. The van der Waals surface area contributed by atoms with Gasteiger partial charge in [0.15, 0.2) is 19.8 Å². The molecule has 0 spiro atoms. The first-order chi connectivity index (χ1) is 18.5. The highest BCUT2D eigenvalue weighted by Gasteiger charge is 2.39. The molecule has 1 atom stereocenters. The van der Waals surface area contributed by atoms with Crippen molar-refractivity contribution in [1.29, 1.82) is 0 Å². The highest BCUT2D eigenvalue weighted by atomic mass is 32.1. The smallest absolute Gasteiger partial charge is 0.256 e. The van der Waals surface area contributed by atoms with Gasteiger partial charge in [0.2, 0.25) is 0 Å². The first-order valence-electron chi connectivity index (χ1n) is 13.3. The Bertz CT molecular complexity index is 1300. The monoisotopic (exact) mass is 564 g/mol. The molecule has 1 aliphatic heterocycles. The zero-order valence-corrected chi connectivity index (χ0v) is 25.6. The van der Waals surface area contributed by atoms with E-state index >= 15 is 0 Å². The number of nitrogen functional groups attached to an aromatic ring is 1. The molecular weight excluding hydrogens is 525 g/mol. The lowest BCUT2D eigenvalue weighted by molar-refractivity contribution is 0.0655. The topological polar surface area (TPSA) is 74.0 Å². The molecule has 8 heteroatoms. The zero-order chi connectivity index (χ0) is 28.2. The van der Waals surface area contributed by atoms with Gasteiger partial charge >= 0.3 is 0 Å². The average Bonchev–Trinajstić information content (AvgIpc) is 3.45. The van der Waals surface area contributed by atoms with E-state index in [0.29, 0.717) is 42.5 Å². The number of hydrogen-bond acceptors (Lipinski definition) is 6. The van der Waals surface area contributed by atoms with Crippen LogP contribution in [0.2, 0.25) is 18.1 Å². The van der Waals surface area contributed by atoms with Crippen LogP contribution in [0.25, 0.3) is 5.57 Å². The third kappa shape index (κ3) is 6.75. The molecule has 0 aliphatic carbocycles. The minimum absolute atomic E-state index is 0.0732. The SMILES string of the molecule is COc1cc(C(=O)N2CCC(c3ccsc3)=C[C@H]2CO[Si](C)(C)C(C)(C)C)c(N)cc1OCc1ccccc1. The van der Waals surface area contributed by atoms with Crippen molar-refractivity contribution in [1.82, 2.24) is 4.90 Å². The number of thiophene rings is 1. The Morgan fingerprint density at radius 2 is 1.87 bits per heavy atom. The van der Waals surface area contributed by atoms with E-state index in [-0.39, 0.29) is 17.0 Å². The Balaban J connectivity index is 1.60. The standard InChI is InChI=1S/C31H40N2O4SSi/c1-31(2,3)39(5,6)37-20-25-16-23(24-13-15-38-21-24)12-14-33(25)30(34)26-17-28(35-4)29(18-27(26)32)36-19-22-10-8-7-9-11-22/h7-11,13,15-18,21,25H,12,14,19-20,32H2,1-6H3/t25-/m0/s1. The molecule has 1 aromatic heterocycles. The molecule has 2 N–H and O–H groups in total. The lowest BCUT2D eigenvalue weighted by atomic mass is 9.97. The van der Waals surface area contributed by atoms with Crippen LogP contribution in [0.4, 0.5) is 5.69 Å². The van der Waals surface area contributed by atoms with Gasteiger partial charge in [0.25, 0.3) is 5.91 Å². The van der Waals surface area contributed by atoms with Gasteiger partial charge in [-0.3, -0.25) is 4.79 Å². The summed E-state index contributed by atoms with van der Waals surface area (Å²) in [5, 5.41) is 4.32. The van der Waals surface area contributed by atoms with Crippen LogP contribution < -0.4 is 15.2 Å². The number of ether oxygens (including phenoxy) is 2. The fourth-order valence-electron chi connectivity index (χ4n) is 4.32. The number of benzene rings is 2. The fourth-order valence-corrected chi connectivity index (χ4v) is 6.02. The number of carbonyl (C=O) groups is 1. The van der Waals surface area contributed by atoms with Crippen LogP contribution in [0, 0.1) is 0 Å².